The summed E-state index contributed by atoms with van der Waals surface area (Å²) in [6.07, 6.45) is 0. The predicted octanol–water partition coefficient (Wildman–Crippen LogP) is 16.1. The minimum absolute atomic E-state index is 0.0935. The third kappa shape index (κ3) is 4.24. The Kier molecular flexibility index (Phi) is 6.95. The largest absolute Gasteiger partial charge is 0.310 e. The van der Waals surface area contributed by atoms with Gasteiger partial charge in [-0.2, -0.15) is 0 Å². The summed E-state index contributed by atoms with van der Waals surface area (Å²) in [5.74, 6) is 0. The first kappa shape index (κ1) is 36.4. The van der Waals surface area contributed by atoms with Gasteiger partial charge in [0.1, 0.15) is 0 Å². The first-order valence-electron chi connectivity index (χ1n) is 23.4. The number of benzene rings is 10. The Morgan fingerprint density at radius 1 is 0.227 bits per heavy atom. The number of fused-ring (bicyclic) bond motifs is 23. The van der Waals surface area contributed by atoms with Crippen LogP contribution in [0.5, 0.6) is 0 Å². The van der Waals surface area contributed by atoms with Gasteiger partial charge in [-0.25, -0.2) is 0 Å². The summed E-state index contributed by atoms with van der Waals surface area (Å²) in [6, 6.07) is 85.6. The number of nitrogens with zero attached hydrogens (tertiary/aromatic N) is 1. The van der Waals surface area contributed by atoms with Crippen molar-refractivity contribution in [1.82, 2.24) is 0 Å². The zero-order valence-electron chi connectivity index (χ0n) is 36.8. The molecule has 66 heavy (non-hydrogen) atoms. The molecule has 0 radical (unpaired) electrons. The van der Waals surface area contributed by atoms with E-state index in [1.165, 1.54) is 111 Å². The van der Waals surface area contributed by atoms with Crippen molar-refractivity contribution >= 4 is 17.1 Å². The molecule has 0 saturated carbocycles. The Balaban J connectivity index is 1.00. The van der Waals surface area contributed by atoms with Gasteiger partial charge in [0.2, 0.25) is 0 Å². The van der Waals surface area contributed by atoms with Gasteiger partial charge in [0.05, 0.1) is 10.8 Å². The molecule has 0 amide bonds. The third-order valence-electron chi connectivity index (χ3n) is 16.3. The highest BCUT2D eigenvalue weighted by Crippen LogP contribution is 2.65. The molecule has 0 N–H and O–H groups in total. The Morgan fingerprint density at radius 3 is 0.924 bits per heavy atom. The molecule has 15 rings (SSSR count). The van der Waals surface area contributed by atoms with Crippen LogP contribution >= 0.6 is 0 Å². The molecular formula is C65H43N. The topological polar surface area (TPSA) is 3.24 Å². The average Bonchev–Trinajstić information content (AvgIpc) is 4.10. The van der Waals surface area contributed by atoms with Crippen LogP contribution in [-0.4, -0.2) is 0 Å². The predicted molar refractivity (Wildman–Crippen MR) is 271 cm³/mol. The highest BCUT2D eigenvalue weighted by atomic mass is 15.1. The first-order valence-corrected chi connectivity index (χ1v) is 23.4. The zero-order chi connectivity index (χ0) is 43.5. The van der Waals surface area contributed by atoms with Gasteiger partial charge >= 0.3 is 0 Å². The lowest BCUT2D eigenvalue weighted by Crippen LogP contribution is -2.26. The van der Waals surface area contributed by atoms with Crippen molar-refractivity contribution in [3.8, 4) is 55.6 Å². The Labute approximate surface area is 386 Å². The van der Waals surface area contributed by atoms with E-state index < -0.39 is 10.8 Å². The van der Waals surface area contributed by atoms with Crippen LogP contribution in [0.25, 0.3) is 55.6 Å². The minimum atomic E-state index is -0.450. The van der Waals surface area contributed by atoms with Gasteiger partial charge < -0.3 is 4.90 Å². The van der Waals surface area contributed by atoms with E-state index in [9.17, 15) is 0 Å². The molecule has 2 spiro atoms. The number of hydrogen-bond donors (Lipinski definition) is 0. The molecule has 1 nitrogen and oxygen atoms in total. The molecule has 0 atom stereocenters. The normalized spacial score (nSPS) is 15.5. The number of rotatable bonds is 3. The highest BCUT2D eigenvalue weighted by Gasteiger charge is 2.53. The van der Waals surface area contributed by atoms with E-state index >= 15 is 0 Å². The second kappa shape index (κ2) is 12.6. The van der Waals surface area contributed by atoms with Crippen molar-refractivity contribution in [3.05, 3.63) is 280 Å². The van der Waals surface area contributed by atoms with Crippen molar-refractivity contribution in [2.75, 3.05) is 4.90 Å². The van der Waals surface area contributed by atoms with Gasteiger partial charge in [-0.1, -0.05) is 202 Å². The van der Waals surface area contributed by atoms with Crippen molar-refractivity contribution < 1.29 is 0 Å². The van der Waals surface area contributed by atoms with E-state index in [0.717, 1.165) is 17.1 Å². The second-order valence-corrected chi connectivity index (χ2v) is 19.5. The molecule has 0 unspecified atom stereocenters. The molecule has 5 aliphatic carbocycles. The van der Waals surface area contributed by atoms with Gasteiger partial charge in [-0.15, -0.1) is 0 Å². The number of anilines is 3. The van der Waals surface area contributed by atoms with Crippen LogP contribution < -0.4 is 4.90 Å². The fourth-order valence-corrected chi connectivity index (χ4v) is 13.7. The van der Waals surface area contributed by atoms with Crippen LogP contribution in [0.3, 0.4) is 0 Å². The van der Waals surface area contributed by atoms with Crippen molar-refractivity contribution in [2.45, 2.75) is 30.1 Å². The maximum Gasteiger partial charge on any atom is 0.0726 e. The Bertz CT molecular complexity index is 3660. The maximum atomic E-state index is 2.54. The fourth-order valence-electron chi connectivity index (χ4n) is 13.7. The standard InChI is InChI=1S/C65H43N/c1-63(2)53-24-10-3-22-48(53)51-37-40(32-35-54(51)63)66(41-33-36-61-52(38-41)49-23-9-16-30-60(49)64(61)55-25-11-4-17-43(55)44-18-5-12-26-56(44)64)42-31-34-50-47-21-8-15-29-59(47)65(62(50)39-42)57-27-13-6-19-45(57)46-20-7-14-28-58(46)65/h3-39H,1-2H3. The molecule has 0 aliphatic heterocycles. The monoisotopic (exact) mass is 837 g/mol. The first-order chi connectivity index (χ1) is 32.5. The van der Waals surface area contributed by atoms with Gasteiger partial charge in [0, 0.05) is 22.5 Å². The molecule has 0 bridgehead atoms. The highest BCUT2D eigenvalue weighted by molar-refractivity contribution is 5.99. The Morgan fingerprint density at radius 2 is 0.485 bits per heavy atom. The summed E-state index contributed by atoms with van der Waals surface area (Å²) in [5, 5.41) is 0. The lowest BCUT2D eigenvalue weighted by Gasteiger charge is -2.33. The van der Waals surface area contributed by atoms with Crippen LogP contribution in [0.1, 0.15) is 69.5 Å². The second-order valence-electron chi connectivity index (χ2n) is 19.5. The van der Waals surface area contributed by atoms with Crippen molar-refractivity contribution in [2.24, 2.45) is 0 Å². The van der Waals surface area contributed by atoms with E-state index in [-0.39, 0.29) is 5.41 Å². The smallest absolute Gasteiger partial charge is 0.0726 e. The van der Waals surface area contributed by atoms with E-state index in [2.05, 4.69) is 243 Å². The molecule has 308 valence electrons. The zero-order valence-corrected chi connectivity index (χ0v) is 36.8. The van der Waals surface area contributed by atoms with Gasteiger partial charge in [0.15, 0.2) is 0 Å². The average molecular weight is 838 g/mol. The lowest BCUT2D eigenvalue weighted by atomic mass is 9.70. The fraction of sp³-hybridized carbons (Fsp3) is 0.0769. The van der Waals surface area contributed by atoms with E-state index in [4.69, 9.17) is 0 Å². The third-order valence-corrected chi connectivity index (χ3v) is 16.3. The summed E-state index contributed by atoms with van der Waals surface area (Å²) in [7, 11) is 0. The van der Waals surface area contributed by atoms with Gasteiger partial charge in [-0.05, 0) is 148 Å². The summed E-state index contributed by atoms with van der Waals surface area (Å²) >= 11 is 0. The lowest BCUT2D eigenvalue weighted by molar-refractivity contribution is 0.660. The molecule has 1 heteroatoms. The quantitative estimate of drug-likeness (QED) is 0.171. The van der Waals surface area contributed by atoms with Gasteiger partial charge in [-0.3, -0.25) is 0 Å². The molecule has 0 fully saturated rings. The van der Waals surface area contributed by atoms with Crippen LogP contribution in [-0.2, 0) is 16.2 Å². The molecular weight excluding hydrogens is 795 g/mol. The molecule has 0 aromatic heterocycles. The van der Waals surface area contributed by atoms with E-state index in [1.807, 2.05) is 0 Å². The van der Waals surface area contributed by atoms with Crippen LogP contribution in [0.2, 0.25) is 0 Å². The summed E-state index contributed by atoms with van der Waals surface area (Å²) in [4.78, 5) is 2.54. The van der Waals surface area contributed by atoms with Gasteiger partial charge in [0.25, 0.3) is 0 Å². The van der Waals surface area contributed by atoms with Crippen LogP contribution in [0.4, 0.5) is 17.1 Å². The number of hydrogen-bond acceptors (Lipinski definition) is 1. The van der Waals surface area contributed by atoms with E-state index in [1.54, 1.807) is 0 Å². The maximum absolute atomic E-state index is 2.54. The molecule has 10 aromatic rings. The van der Waals surface area contributed by atoms with Crippen molar-refractivity contribution in [1.29, 1.82) is 0 Å². The van der Waals surface area contributed by atoms with Crippen LogP contribution in [0.15, 0.2) is 224 Å². The molecule has 10 aromatic carbocycles. The Hall–Kier alpha value is -8.00. The molecule has 0 saturated heterocycles. The molecule has 0 heterocycles. The van der Waals surface area contributed by atoms with Crippen LogP contribution in [0, 0.1) is 0 Å². The summed E-state index contributed by atoms with van der Waals surface area (Å²) < 4.78 is 0. The minimum Gasteiger partial charge on any atom is -0.310 e. The van der Waals surface area contributed by atoms with E-state index in [0.29, 0.717) is 0 Å². The SMILES string of the molecule is CC1(C)c2ccccc2-c2cc(N(c3ccc4c(c3)-c3ccccc3C43c4ccccc4-c4ccccc43)c3ccc4c(c3)C3(c5ccccc5-c5ccccc53)c3ccccc3-4)ccc21. The summed E-state index contributed by atoms with van der Waals surface area (Å²) in [5.41, 5.74) is 29.2. The molecule has 5 aliphatic rings. The summed E-state index contributed by atoms with van der Waals surface area (Å²) in [6.45, 7) is 4.74. The van der Waals surface area contributed by atoms with Crippen molar-refractivity contribution in [3.63, 3.8) is 0 Å².